The van der Waals surface area contributed by atoms with E-state index in [0.29, 0.717) is 41.7 Å². The van der Waals surface area contributed by atoms with Crippen molar-refractivity contribution in [2.24, 2.45) is 0 Å². The number of piperidine rings is 1. The van der Waals surface area contributed by atoms with Gasteiger partial charge in [0.2, 0.25) is 11.8 Å². The molecule has 0 aliphatic carbocycles. The quantitative estimate of drug-likeness (QED) is 0.768. The number of hydrogen-bond donors (Lipinski definition) is 2. The molecule has 1 fully saturated rings. The van der Waals surface area contributed by atoms with Crippen LogP contribution < -0.4 is 10.6 Å². The summed E-state index contributed by atoms with van der Waals surface area (Å²) in [5.74, 6) is -1.59. The number of carbonyl (C=O) groups excluding carboxylic acids is 2. The van der Waals surface area contributed by atoms with Gasteiger partial charge < -0.3 is 9.84 Å². The Labute approximate surface area is 118 Å². The molecule has 1 unspecified atom stereocenters. The summed E-state index contributed by atoms with van der Waals surface area (Å²) in [4.78, 5) is 23.2. The van der Waals surface area contributed by atoms with Crippen LogP contribution in [0.4, 0.5) is 4.39 Å². The number of aromatic nitrogens is 1. The molecule has 21 heavy (non-hydrogen) atoms. The van der Waals surface area contributed by atoms with Gasteiger partial charge in [-0.15, -0.1) is 0 Å². The Balaban J connectivity index is 1.86. The van der Waals surface area contributed by atoms with Crippen molar-refractivity contribution in [2.45, 2.75) is 31.8 Å². The van der Waals surface area contributed by atoms with E-state index in [-0.39, 0.29) is 18.1 Å². The van der Waals surface area contributed by atoms with Gasteiger partial charge in [-0.05, 0) is 12.5 Å². The topological polar surface area (TPSA) is 84.2 Å². The van der Waals surface area contributed by atoms with Crippen LogP contribution in [0.2, 0.25) is 0 Å². The summed E-state index contributed by atoms with van der Waals surface area (Å²) in [5, 5.41) is 9.85. The number of carbonyl (C=O) groups is 2. The van der Waals surface area contributed by atoms with E-state index in [1.54, 1.807) is 0 Å². The van der Waals surface area contributed by atoms with E-state index in [1.165, 1.54) is 6.07 Å². The SMILES string of the molecule is O=C1CCC(c2noc3c4c(c(F)cc23)CNC4)C(=O)N1. The molecule has 0 spiro atoms. The number of amides is 2. The predicted octanol–water partition coefficient (Wildman–Crippen LogP) is 1.09. The van der Waals surface area contributed by atoms with Gasteiger partial charge in [-0.3, -0.25) is 14.9 Å². The molecule has 2 aliphatic heterocycles. The number of imide groups is 1. The van der Waals surface area contributed by atoms with E-state index in [9.17, 15) is 14.0 Å². The third-order valence-electron chi connectivity index (χ3n) is 4.13. The van der Waals surface area contributed by atoms with Crippen molar-refractivity contribution in [3.05, 3.63) is 28.7 Å². The lowest BCUT2D eigenvalue weighted by atomic mass is 9.92. The minimum absolute atomic E-state index is 0.250. The van der Waals surface area contributed by atoms with Crippen molar-refractivity contribution in [3.8, 4) is 0 Å². The highest BCUT2D eigenvalue weighted by molar-refractivity contribution is 6.02. The molecule has 4 rings (SSSR count). The number of nitrogens with one attached hydrogen (secondary N) is 2. The summed E-state index contributed by atoms with van der Waals surface area (Å²) in [7, 11) is 0. The van der Waals surface area contributed by atoms with E-state index < -0.39 is 11.8 Å². The van der Waals surface area contributed by atoms with E-state index >= 15 is 0 Å². The second-order valence-electron chi connectivity index (χ2n) is 5.37. The molecule has 2 amide bonds. The van der Waals surface area contributed by atoms with E-state index in [4.69, 9.17) is 4.52 Å². The maximum atomic E-state index is 14.1. The number of halogens is 1. The normalized spacial score (nSPS) is 21.7. The molecule has 108 valence electrons. The van der Waals surface area contributed by atoms with Gasteiger partial charge in [-0.25, -0.2) is 4.39 Å². The maximum Gasteiger partial charge on any atom is 0.235 e. The van der Waals surface area contributed by atoms with E-state index in [0.717, 1.165) is 5.56 Å². The highest BCUT2D eigenvalue weighted by atomic mass is 19.1. The molecule has 7 heteroatoms. The van der Waals surface area contributed by atoms with Crippen LogP contribution in [0, 0.1) is 5.82 Å². The first-order valence-corrected chi connectivity index (χ1v) is 6.79. The molecule has 1 aromatic heterocycles. The molecular formula is C14H12FN3O3. The average molecular weight is 289 g/mol. The Hall–Kier alpha value is -2.28. The number of benzene rings is 1. The molecule has 0 radical (unpaired) electrons. The highest BCUT2D eigenvalue weighted by Crippen LogP contribution is 2.35. The van der Waals surface area contributed by atoms with Crippen LogP contribution in [0.25, 0.3) is 11.0 Å². The molecule has 1 atom stereocenters. The van der Waals surface area contributed by atoms with Gasteiger partial charge >= 0.3 is 0 Å². The first-order valence-electron chi connectivity index (χ1n) is 6.79. The number of hydrogen-bond acceptors (Lipinski definition) is 5. The van der Waals surface area contributed by atoms with Gasteiger partial charge in [0.15, 0.2) is 5.58 Å². The zero-order chi connectivity index (χ0) is 14.6. The summed E-state index contributed by atoms with van der Waals surface area (Å²) < 4.78 is 19.5. The third-order valence-corrected chi connectivity index (χ3v) is 4.13. The summed E-state index contributed by atoms with van der Waals surface area (Å²) in [5.41, 5.74) is 2.28. The second-order valence-corrected chi connectivity index (χ2v) is 5.37. The smallest absolute Gasteiger partial charge is 0.235 e. The van der Waals surface area contributed by atoms with Crippen molar-refractivity contribution in [1.29, 1.82) is 0 Å². The molecule has 2 N–H and O–H groups in total. The maximum absolute atomic E-state index is 14.1. The molecular weight excluding hydrogens is 277 g/mol. The summed E-state index contributed by atoms with van der Waals surface area (Å²) in [6, 6.07) is 1.37. The lowest BCUT2D eigenvalue weighted by Crippen LogP contribution is -2.39. The fourth-order valence-corrected chi connectivity index (χ4v) is 3.06. The summed E-state index contributed by atoms with van der Waals surface area (Å²) >= 11 is 0. The molecule has 1 saturated heterocycles. The molecule has 0 bridgehead atoms. The summed E-state index contributed by atoms with van der Waals surface area (Å²) in [6.07, 6.45) is 0.614. The van der Waals surface area contributed by atoms with E-state index in [2.05, 4.69) is 15.8 Å². The fraction of sp³-hybridized carbons (Fsp3) is 0.357. The van der Waals surface area contributed by atoms with Gasteiger partial charge in [-0.2, -0.15) is 0 Å². The lowest BCUT2D eigenvalue weighted by Gasteiger charge is -2.18. The molecule has 6 nitrogen and oxygen atoms in total. The van der Waals surface area contributed by atoms with Gasteiger partial charge in [0.1, 0.15) is 11.5 Å². The number of nitrogens with zero attached hydrogens (tertiary/aromatic N) is 1. The van der Waals surface area contributed by atoms with Crippen LogP contribution in [0.3, 0.4) is 0 Å². The predicted molar refractivity (Wildman–Crippen MR) is 69.6 cm³/mol. The summed E-state index contributed by atoms with van der Waals surface area (Å²) in [6.45, 7) is 0.985. The second kappa shape index (κ2) is 4.36. The highest BCUT2D eigenvalue weighted by Gasteiger charge is 2.33. The first-order chi connectivity index (χ1) is 10.1. The van der Waals surface area contributed by atoms with Crippen molar-refractivity contribution in [3.63, 3.8) is 0 Å². The van der Waals surface area contributed by atoms with Crippen molar-refractivity contribution in [1.82, 2.24) is 15.8 Å². The van der Waals surface area contributed by atoms with Crippen LogP contribution in [0.5, 0.6) is 0 Å². The number of rotatable bonds is 1. The van der Waals surface area contributed by atoms with Crippen LogP contribution in [-0.4, -0.2) is 17.0 Å². The molecule has 2 aromatic rings. The molecule has 1 aromatic carbocycles. The van der Waals surface area contributed by atoms with E-state index in [1.807, 2.05) is 0 Å². The zero-order valence-corrected chi connectivity index (χ0v) is 11.0. The zero-order valence-electron chi connectivity index (χ0n) is 11.0. The average Bonchev–Trinajstić information content (AvgIpc) is 3.05. The Morgan fingerprint density at radius 2 is 2.10 bits per heavy atom. The third kappa shape index (κ3) is 1.77. The number of fused-ring (bicyclic) bond motifs is 3. The lowest BCUT2D eigenvalue weighted by molar-refractivity contribution is -0.134. The first kappa shape index (κ1) is 12.5. The monoisotopic (exact) mass is 289 g/mol. The fourth-order valence-electron chi connectivity index (χ4n) is 3.06. The Morgan fingerprint density at radius 3 is 2.90 bits per heavy atom. The van der Waals surface area contributed by atoms with Crippen molar-refractivity contribution >= 4 is 22.8 Å². The van der Waals surface area contributed by atoms with Gasteiger partial charge in [0.05, 0.1) is 5.92 Å². The Bertz CT molecular complexity index is 783. The Morgan fingerprint density at radius 1 is 1.29 bits per heavy atom. The minimum atomic E-state index is -0.573. The van der Waals surface area contributed by atoms with Crippen LogP contribution >= 0.6 is 0 Å². The van der Waals surface area contributed by atoms with Gasteiger partial charge in [-0.1, -0.05) is 5.16 Å². The van der Waals surface area contributed by atoms with Crippen molar-refractivity contribution in [2.75, 3.05) is 0 Å². The minimum Gasteiger partial charge on any atom is -0.356 e. The largest absolute Gasteiger partial charge is 0.356 e. The van der Waals surface area contributed by atoms with Crippen LogP contribution in [0.15, 0.2) is 10.6 Å². The van der Waals surface area contributed by atoms with Gasteiger partial charge in [0.25, 0.3) is 0 Å². The molecule has 3 heterocycles. The van der Waals surface area contributed by atoms with Gasteiger partial charge in [0, 0.05) is 36.0 Å². The molecule has 2 aliphatic rings. The Kier molecular flexibility index (Phi) is 2.58. The molecule has 0 saturated carbocycles. The van der Waals surface area contributed by atoms with Crippen LogP contribution in [-0.2, 0) is 22.7 Å². The van der Waals surface area contributed by atoms with Crippen LogP contribution in [0.1, 0.15) is 35.6 Å². The van der Waals surface area contributed by atoms with Crippen molar-refractivity contribution < 1.29 is 18.5 Å². The standard InChI is InChI=1S/C14H12FN3O3/c15-10-3-7-12(6-1-2-11(19)17-14(6)20)18-21-13(7)9-5-16-4-8(9)10/h3,6,16H,1-2,4-5H2,(H,17,19,20).